The average molecular weight is 263 g/mol. The van der Waals surface area contributed by atoms with Gasteiger partial charge in [0.1, 0.15) is 5.82 Å². The van der Waals surface area contributed by atoms with Crippen molar-refractivity contribution < 1.29 is 4.79 Å². The van der Waals surface area contributed by atoms with Gasteiger partial charge in [-0.3, -0.25) is 4.79 Å². The lowest BCUT2D eigenvalue weighted by Crippen LogP contribution is -2.24. The number of amides is 1. The minimum absolute atomic E-state index is 0.128. The summed E-state index contributed by atoms with van der Waals surface area (Å²) in [5.74, 6) is 1.10. The first-order valence-electron chi connectivity index (χ1n) is 6.12. The number of nitrogens with zero attached hydrogens (tertiary/aromatic N) is 1. The molecule has 0 spiro atoms. The van der Waals surface area contributed by atoms with E-state index in [1.165, 1.54) is 4.88 Å². The van der Waals surface area contributed by atoms with Gasteiger partial charge in [-0.25, -0.2) is 4.98 Å². The molecule has 2 aromatic heterocycles. The number of nitrogens with one attached hydrogen (secondary N) is 2. The van der Waals surface area contributed by atoms with Gasteiger partial charge in [0.25, 0.3) is 0 Å². The zero-order chi connectivity index (χ0) is 12.6. The first kappa shape index (κ1) is 12.8. The number of thiophene rings is 1. The summed E-state index contributed by atoms with van der Waals surface area (Å²) in [6, 6.07) is 4.08. The van der Waals surface area contributed by atoms with Crippen LogP contribution in [0.2, 0.25) is 0 Å². The Morgan fingerprint density at radius 1 is 1.44 bits per heavy atom. The van der Waals surface area contributed by atoms with Crippen molar-refractivity contribution in [2.75, 3.05) is 6.54 Å². The Morgan fingerprint density at radius 3 is 3.11 bits per heavy atom. The van der Waals surface area contributed by atoms with Crippen molar-refractivity contribution in [1.29, 1.82) is 0 Å². The number of carbonyl (C=O) groups excluding carboxylic acids is 1. The molecule has 2 rings (SSSR count). The van der Waals surface area contributed by atoms with E-state index in [0.29, 0.717) is 13.0 Å². The largest absolute Gasteiger partial charge is 0.356 e. The van der Waals surface area contributed by atoms with Gasteiger partial charge in [0.2, 0.25) is 5.91 Å². The lowest BCUT2D eigenvalue weighted by Gasteiger charge is -2.03. The first-order valence-corrected chi connectivity index (χ1v) is 7.00. The second-order valence-corrected chi connectivity index (χ2v) is 5.10. The molecular weight excluding hydrogens is 246 g/mol. The number of hydrogen-bond donors (Lipinski definition) is 2. The van der Waals surface area contributed by atoms with Crippen LogP contribution >= 0.6 is 11.3 Å². The minimum Gasteiger partial charge on any atom is -0.356 e. The molecular formula is C13H17N3OS. The fourth-order valence-corrected chi connectivity index (χ4v) is 2.41. The lowest BCUT2D eigenvalue weighted by atomic mass is 10.2. The summed E-state index contributed by atoms with van der Waals surface area (Å²) in [6.07, 6.45) is 6.75. The Morgan fingerprint density at radius 2 is 2.39 bits per heavy atom. The maximum Gasteiger partial charge on any atom is 0.220 e. The van der Waals surface area contributed by atoms with Crippen LogP contribution in [0.15, 0.2) is 29.9 Å². The van der Waals surface area contributed by atoms with E-state index < -0.39 is 0 Å². The van der Waals surface area contributed by atoms with E-state index in [1.54, 1.807) is 17.5 Å². The van der Waals surface area contributed by atoms with Crippen molar-refractivity contribution in [2.45, 2.75) is 25.7 Å². The highest BCUT2D eigenvalue weighted by Gasteiger charge is 2.02. The number of aryl methyl sites for hydroxylation is 2. The van der Waals surface area contributed by atoms with Gasteiger partial charge in [-0.1, -0.05) is 6.07 Å². The molecule has 2 N–H and O–H groups in total. The first-order chi connectivity index (χ1) is 8.84. The van der Waals surface area contributed by atoms with Crippen molar-refractivity contribution in [3.63, 3.8) is 0 Å². The van der Waals surface area contributed by atoms with Crippen LogP contribution in [0.25, 0.3) is 0 Å². The second kappa shape index (κ2) is 6.96. The van der Waals surface area contributed by atoms with Crippen LogP contribution in [-0.2, 0) is 17.6 Å². The van der Waals surface area contributed by atoms with Crippen LogP contribution in [-0.4, -0.2) is 22.4 Å². The van der Waals surface area contributed by atoms with Crippen molar-refractivity contribution in [3.05, 3.63) is 40.6 Å². The molecule has 96 valence electrons. The van der Waals surface area contributed by atoms with Crippen LogP contribution in [0.1, 0.15) is 23.5 Å². The Balaban J connectivity index is 1.55. The van der Waals surface area contributed by atoms with E-state index in [-0.39, 0.29) is 5.91 Å². The van der Waals surface area contributed by atoms with Gasteiger partial charge in [-0.2, -0.15) is 0 Å². The fourth-order valence-electron chi connectivity index (χ4n) is 1.70. The molecule has 0 aliphatic carbocycles. The topological polar surface area (TPSA) is 57.8 Å². The highest BCUT2D eigenvalue weighted by atomic mass is 32.1. The lowest BCUT2D eigenvalue weighted by molar-refractivity contribution is -0.121. The molecule has 0 atom stereocenters. The number of hydrogen-bond acceptors (Lipinski definition) is 3. The molecule has 1 amide bonds. The highest BCUT2D eigenvalue weighted by molar-refractivity contribution is 7.09. The molecule has 0 aromatic carbocycles. The standard InChI is InChI=1S/C13H17N3OS/c17-13(6-5-11-3-2-10-18-11)16-7-1-4-12-14-8-9-15-12/h2-3,8-10H,1,4-7H2,(H,14,15)(H,16,17). The van der Waals surface area contributed by atoms with Crippen molar-refractivity contribution in [3.8, 4) is 0 Å². The molecule has 2 heterocycles. The van der Waals surface area contributed by atoms with Crippen LogP contribution < -0.4 is 5.32 Å². The predicted molar refractivity (Wildman–Crippen MR) is 72.6 cm³/mol. The number of H-pyrrole nitrogens is 1. The molecule has 2 aromatic rings. The summed E-state index contributed by atoms with van der Waals surface area (Å²) >= 11 is 1.70. The van der Waals surface area contributed by atoms with E-state index in [2.05, 4.69) is 21.4 Å². The smallest absolute Gasteiger partial charge is 0.220 e. The fraction of sp³-hybridized carbons (Fsp3) is 0.385. The van der Waals surface area contributed by atoms with E-state index in [9.17, 15) is 4.79 Å². The third-order valence-corrected chi connectivity index (χ3v) is 3.58. The minimum atomic E-state index is 0.128. The molecule has 0 aliphatic heterocycles. The molecule has 0 saturated heterocycles. The van der Waals surface area contributed by atoms with E-state index in [4.69, 9.17) is 0 Å². The van der Waals surface area contributed by atoms with Crippen molar-refractivity contribution in [2.24, 2.45) is 0 Å². The number of imidazole rings is 1. The molecule has 0 aliphatic rings. The van der Waals surface area contributed by atoms with Crippen LogP contribution in [0.4, 0.5) is 0 Å². The van der Waals surface area contributed by atoms with E-state index in [1.807, 2.05) is 17.6 Å². The molecule has 0 unspecified atom stereocenters. The van der Waals surface area contributed by atoms with Crippen molar-refractivity contribution >= 4 is 17.2 Å². The Labute approximate surface area is 110 Å². The number of aromatic nitrogens is 2. The monoisotopic (exact) mass is 263 g/mol. The van der Waals surface area contributed by atoms with Gasteiger partial charge in [0.05, 0.1) is 0 Å². The second-order valence-electron chi connectivity index (χ2n) is 4.07. The quantitative estimate of drug-likeness (QED) is 0.752. The number of rotatable bonds is 7. The molecule has 5 heteroatoms. The maximum absolute atomic E-state index is 11.6. The summed E-state index contributed by atoms with van der Waals surface area (Å²) in [6.45, 7) is 0.712. The SMILES string of the molecule is O=C(CCc1cccs1)NCCCc1ncc[nH]1. The summed E-state index contributed by atoms with van der Waals surface area (Å²) < 4.78 is 0. The molecule has 4 nitrogen and oxygen atoms in total. The average Bonchev–Trinajstić information content (AvgIpc) is 3.04. The Kier molecular flexibility index (Phi) is 4.96. The van der Waals surface area contributed by atoms with Crippen LogP contribution in [0, 0.1) is 0 Å². The summed E-state index contributed by atoms with van der Waals surface area (Å²) in [4.78, 5) is 20.0. The highest BCUT2D eigenvalue weighted by Crippen LogP contribution is 2.10. The molecule has 18 heavy (non-hydrogen) atoms. The van der Waals surface area contributed by atoms with Gasteiger partial charge in [-0.05, 0) is 24.3 Å². The van der Waals surface area contributed by atoms with Gasteiger partial charge < -0.3 is 10.3 Å². The molecule has 0 fully saturated rings. The zero-order valence-electron chi connectivity index (χ0n) is 10.2. The molecule has 0 radical (unpaired) electrons. The van der Waals surface area contributed by atoms with Gasteiger partial charge >= 0.3 is 0 Å². The normalized spacial score (nSPS) is 10.4. The third kappa shape index (κ3) is 4.33. The summed E-state index contributed by atoms with van der Waals surface area (Å²) in [5.41, 5.74) is 0. The maximum atomic E-state index is 11.6. The van der Waals surface area contributed by atoms with Gasteiger partial charge in [-0.15, -0.1) is 11.3 Å². The van der Waals surface area contributed by atoms with Gasteiger partial charge in [0, 0.05) is 36.7 Å². The van der Waals surface area contributed by atoms with E-state index in [0.717, 1.165) is 25.1 Å². The number of aromatic amines is 1. The van der Waals surface area contributed by atoms with Crippen LogP contribution in [0.3, 0.4) is 0 Å². The van der Waals surface area contributed by atoms with E-state index >= 15 is 0 Å². The third-order valence-electron chi connectivity index (χ3n) is 2.65. The zero-order valence-corrected chi connectivity index (χ0v) is 11.0. The summed E-state index contributed by atoms with van der Waals surface area (Å²) in [5, 5.41) is 4.97. The Hall–Kier alpha value is -1.62. The number of carbonyl (C=O) groups is 1. The Bertz CT molecular complexity index is 451. The van der Waals surface area contributed by atoms with Crippen LogP contribution in [0.5, 0.6) is 0 Å². The molecule has 0 saturated carbocycles. The van der Waals surface area contributed by atoms with Crippen molar-refractivity contribution in [1.82, 2.24) is 15.3 Å². The molecule has 0 bridgehead atoms. The summed E-state index contributed by atoms with van der Waals surface area (Å²) in [7, 11) is 0. The van der Waals surface area contributed by atoms with Gasteiger partial charge in [0.15, 0.2) is 0 Å². The predicted octanol–water partition coefficient (Wildman–Crippen LogP) is 2.15.